The Morgan fingerprint density at radius 3 is 2.00 bits per heavy atom. The summed E-state index contributed by atoms with van der Waals surface area (Å²) in [6, 6.07) is 0. The summed E-state index contributed by atoms with van der Waals surface area (Å²) in [4.78, 5) is 13.4. The van der Waals surface area contributed by atoms with Crippen molar-refractivity contribution in [2.75, 3.05) is 13.1 Å². The van der Waals surface area contributed by atoms with Crippen LogP contribution >= 0.6 is 0 Å². The SMILES string of the molecule is CC(C)S(=O)(=O)C1CN(C(=O)C(C)(C)C)C1. The first-order chi connectivity index (χ1) is 7.06. The lowest BCUT2D eigenvalue weighted by Crippen LogP contribution is -2.60. The fraction of sp³-hybridized carbons (Fsp3) is 0.909. The zero-order valence-electron chi connectivity index (χ0n) is 10.6. The maximum atomic E-state index is 11.8. The number of nitrogens with zero attached hydrogens (tertiary/aromatic N) is 1. The topological polar surface area (TPSA) is 54.5 Å². The van der Waals surface area contributed by atoms with E-state index in [0.717, 1.165) is 0 Å². The van der Waals surface area contributed by atoms with E-state index in [-0.39, 0.29) is 16.4 Å². The van der Waals surface area contributed by atoms with Gasteiger partial charge < -0.3 is 4.90 Å². The quantitative estimate of drug-likeness (QED) is 0.733. The molecule has 1 aliphatic heterocycles. The zero-order chi connectivity index (χ0) is 12.7. The lowest BCUT2D eigenvalue weighted by atomic mass is 9.93. The van der Waals surface area contributed by atoms with E-state index in [9.17, 15) is 13.2 Å². The number of likely N-dealkylation sites (tertiary alicyclic amines) is 1. The van der Waals surface area contributed by atoms with Crippen molar-refractivity contribution in [1.82, 2.24) is 4.90 Å². The van der Waals surface area contributed by atoms with Crippen molar-refractivity contribution >= 4 is 15.7 Å². The van der Waals surface area contributed by atoms with E-state index in [1.807, 2.05) is 20.8 Å². The minimum atomic E-state index is -3.05. The molecule has 1 amide bonds. The van der Waals surface area contributed by atoms with Crippen molar-refractivity contribution in [3.63, 3.8) is 0 Å². The molecule has 0 aromatic heterocycles. The second-order valence-electron chi connectivity index (χ2n) is 5.72. The summed E-state index contributed by atoms with van der Waals surface area (Å²) in [6.45, 7) is 9.62. The van der Waals surface area contributed by atoms with E-state index < -0.39 is 15.3 Å². The number of rotatable bonds is 2. The summed E-state index contributed by atoms with van der Waals surface area (Å²) in [6.07, 6.45) is 0. The lowest BCUT2D eigenvalue weighted by molar-refractivity contribution is -0.142. The molecule has 16 heavy (non-hydrogen) atoms. The van der Waals surface area contributed by atoms with Crippen molar-refractivity contribution in [1.29, 1.82) is 0 Å². The Hall–Kier alpha value is -0.580. The van der Waals surface area contributed by atoms with Crippen LogP contribution in [-0.2, 0) is 14.6 Å². The van der Waals surface area contributed by atoms with Gasteiger partial charge in [0.2, 0.25) is 5.91 Å². The lowest BCUT2D eigenvalue weighted by Gasteiger charge is -2.42. The summed E-state index contributed by atoms with van der Waals surface area (Å²) < 4.78 is 23.6. The van der Waals surface area contributed by atoms with Crippen LogP contribution in [0.1, 0.15) is 34.6 Å². The molecular formula is C11H21NO3S. The van der Waals surface area contributed by atoms with E-state index >= 15 is 0 Å². The molecule has 0 aliphatic carbocycles. The standard InChI is InChI=1S/C11H21NO3S/c1-8(2)16(14,15)9-6-12(7-9)10(13)11(3,4)5/h8-9H,6-7H2,1-5H3. The van der Waals surface area contributed by atoms with Crippen molar-refractivity contribution in [2.24, 2.45) is 5.41 Å². The molecule has 1 fully saturated rings. The van der Waals surface area contributed by atoms with Gasteiger partial charge in [-0.2, -0.15) is 0 Å². The minimum Gasteiger partial charge on any atom is -0.339 e. The molecule has 1 heterocycles. The fourth-order valence-electron chi connectivity index (χ4n) is 1.67. The third-order valence-corrected chi connectivity index (χ3v) is 5.44. The van der Waals surface area contributed by atoms with Gasteiger partial charge in [0.25, 0.3) is 0 Å². The predicted octanol–water partition coefficient (Wildman–Crippen LogP) is 1.07. The van der Waals surface area contributed by atoms with E-state index in [2.05, 4.69) is 0 Å². The van der Waals surface area contributed by atoms with Crippen LogP contribution in [0.2, 0.25) is 0 Å². The van der Waals surface area contributed by atoms with Crippen molar-refractivity contribution in [3.05, 3.63) is 0 Å². The van der Waals surface area contributed by atoms with Crippen LogP contribution in [0.5, 0.6) is 0 Å². The zero-order valence-corrected chi connectivity index (χ0v) is 11.5. The molecule has 0 saturated carbocycles. The third kappa shape index (κ3) is 2.39. The number of hydrogen-bond donors (Lipinski definition) is 0. The van der Waals surface area contributed by atoms with Crippen LogP contribution < -0.4 is 0 Å². The molecule has 0 N–H and O–H groups in total. The van der Waals surface area contributed by atoms with Crippen LogP contribution in [0.25, 0.3) is 0 Å². The third-order valence-electron chi connectivity index (χ3n) is 2.90. The van der Waals surface area contributed by atoms with Crippen LogP contribution in [0.15, 0.2) is 0 Å². The highest BCUT2D eigenvalue weighted by molar-refractivity contribution is 7.92. The van der Waals surface area contributed by atoms with Gasteiger partial charge in [-0.3, -0.25) is 4.79 Å². The van der Waals surface area contributed by atoms with Crippen molar-refractivity contribution in [3.8, 4) is 0 Å². The average molecular weight is 247 g/mol. The fourth-order valence-corrected chi connectivity index (χ4v) is 3.22. The van der Waals surface area contributed by atoms with Gasteiger partial charge in [-0.15, -0.1) is 0 Å². The average Bonchev–Trinajstić information content (AvgIpc) is 1.98. The maximum Gasteiger partial charge on any atom is 0.228 e. The van der Waals surface area contributed by atoms with E-state index in [0.29, 0.717) is 13.1 Å². The summed E-state index contributed by atoms with van der Waals surface area (Å²) in [5.41, 5.74) is -0.424. The van der Waals surface area contributed by atoms with E-state index in [1.165, 1.54) is 0 Å². The van der Waals surface area contributed by atoms with Gasteiger partial charge in [0.1, 0.15) is 0 Å². The molecule has 0 aromatic rings. The summed E-state index contributed by atoms with van der Waals surface area (Å²) >= 11 is 0. The minimum absolute atomic E-state index is 0.0303. The molecule has 4 nitrogen and oxygen atoms in total. The summed E-state index contributed by atoms with van der Waals surface area (Å²) in [5.74, 6) is 0.0303. The van der Waals surface area contributed by atoms with Gasteiger partial charge in [0.05, 0.1) is 10.5 Å². The van der Waals surface area contributed by atoms with Crippen molar-refractivity contribution in [2.45, 2.75) is 45.1 Å². The molecule has 94 valence electrons. The van der Waals surface area contributed by atoms with Gasteiger partial charge in [-0.25, -0.2) is 8.42 Å². The first-order valence-corrected chi connectivity index (χ1v) is 7.20. The predicted molar refractivity (Wildman–Crippen MR) is 63.9 cm³/mol. The highest BCUT2D eigenvalue weighted by atomic mass is 32.2. The largest absolute Gasteiger partial charge is 0.339 e. The van der Waals surface area contributed by atoms with E-state index in [4.69, 9.17) is 0 Å². The Kier molecular flexibility index (Phi) is 3.39. The maximum absolute atomic E-state index is 11.8. The Morgan fingerprint density at radius 2 is 1.69 bits per heavy atom. The number of sulfone groups is 1. The van der Waals surface area contributed by atoms with Gasteiger partial charge in [0, 0.05) is 18.5 Å². The van der Waals surface area contributed by atoms with Crippen molar-refractivity contribution < 1.29 is 13.2 Å². The highest BCUT2D eigenvalue weighted by Crippen LogP contribution is 2.26. The Balaban J connectivity index is 2.61. The van der Waals surface area contributed by atoms with Crippen LogP contribution in [0.4, 0.5) is 0 Å². The molecule has 5 heteroatoms. The second kappa shape index (κ2) is 4.02. The van der Waals surface area contributed by atoms with Crippen LogP contribution in [0.3, 0.4) is 0 Å². The monoisotopic (exact) mass is 247 g/mol. The van der Waals surface area contributed by atoms with Gasteiger partial charge in [-0.1, -0.05) is 20.8 Å². The first kappa shape index (κ1) is 13.5. The Morgan fingerprint density at radius 1 is 1.25 bits per heavy atom. The van der Waals surface area contributed by atoms with Gasteiger partial charge in [0.15, 0.2) is 9.84 Å². The summed E-state index contributed by atoms with van der Waals surface area (Å²) in [5, 5.41) is -0.719. The Bertz CT molecular complexity index is 373. The molecule has 1 aliphatic rings. The molecule has 1 rings (SSSR count). The molecular weight excluding hydrogens is 226 g/mol. The Labute approximate surface area is 97.9 Å². The van der Waals surface area contributed by atoms with E-state index in [1.54, 1.807) is 18.7 Å². The molecule has 0 unspecified atom stereocenters. The normalized spacial score (nSPS) is 18.8. The molecule has 0 atom stereocenters. The number of carbonyl (C=O) groups excluding carboxylic acids is 1. The number of hydrogen-bond acceptors (Lipinski definition) is 3. The van der Waals surface area contributed by atoms with Gasteiger partial charge in [-0.05, 0) is 13.8 Å². The molecule has 0 radical (unpaired) electrons. The van der Waals surface area contributed by atoms with Gasteiger partial charge >= 0.3 is 0 Å². The second-order valence-corrected chi connectivity index (χ2v) is 8.51. The van der Waals surface area contributed by atoms with Crippen LogP contribution in [0, 0.1) is 5.41 Å². The number of amides is 1. The smallest absolute Gasteiger partial charge is 0.228 e. The number of carbonyl (C=O) groups is 1. The summed E-state index contributed by atoms with van der Waals surface area (Å²) in [7, 11) is -3.05. The molecule has 0 aromatic carbocycles. The molecule has 1 saturated heterocycles. The van der Waals surface area contributed by atoms with Crippen LogP contribution in [-0.4, -0.2) is 42.8 Å². The first-order valence-electron chi connectivity index (χ1n) is 5.59. The molecule has 0 spiro atoms. The molecule has 0 bridgehead atoms. The highest BCUT2D eigenvalue weighted by Gasteiger charge is 2.43.